The number of piperidine rings is 1. The number of aromatic nitrogens is 4. The normalized spacial score (nSPS) is 17.1. The fourth-order valence-corrected chi connectivity index (χ4v) is 3.63. The Kier molecular flexibility index (Phi) is 5.81. The maximum atomic E-state index is 11.2. The first-order chi connectivity index (χ1) is 14.2. The van der Waals surface area contributed by atoms with Gasteiger partial charge in [0.25, 0.3) is 0 Å². The van der Waals surface area contributed by atoms with Gasteiger partial charge in [0.15, 0.2) is 0 Å². The molecule has 3 heterocycles. The van der Waals surface area contributed by atoms with Gasteiger partial charge in [-0.1, -0.05) is 0 Å². The van der Waals surface area contributed by atoms with E-state index in [1.807, 2.05) is 18.3 Å². The maximum Gasteiger partial charge on any atom is 0.241 e. The Morgan fingerprint density at radius 1 is 1.21 bits per heavy atom. The highest BCUT2D eigenvalue weighted by Gasteiger charge is 2.26. The fourth-order valence-electron chi connectivity index (χ4n) is 3.63. The zero-order chi connectivity index (χ0) is 20.1. The Hall–Kier alpha value is -3.26. The molecular formula is C21H24N6O2. The zero-order valence-corrected chi connectivity index (χ0v) is 16.3. The van der Waals surface area contributed by atoms with Crippen molar-refractivity contribution in [1.82, 2.24) is 24.8 Å². The molecule has 8 nitrogen and oxygen atoms in total. The predicted octanol–water partition coefficient (Wildman–Crippen LogP) is 3.33. The first-order valence-corrected chi connectivity index (χ1v) is 9.74. The first kappa shape index (κ1) is 19.1. The van der Waals surface area contributed by atoms with Gasteiger partial charge in [-0.3, -0.25) is 14.7 Å². The van der Waals surface area contributed by atoms with E-state index in [9.17, 15) is 4.79 Å². The number of carbonyl (C=O) groups excluding carboxylic acids is 1. The Labute approximate surface area is 169 Å². The third-order valence-corrected chi connectivity index (χ3v) is 4.90. The van der Waals surface area contributed by atoms with Crippen LogP contribution in [0, 0.1) is 0 Å². The molecule has 1 aromatic carbocycles. The molecule has 0 unspecified atom stereocenters. The van der Waals surface area contributed by atoms with Crippen molar-refractivity contribution >= 4 is 11.6 Å². The van der Waals surface area contributed by atoms with Gasteiger partial charge in [0.1, 0.15) is 17.3 Å². The number of hydrogen-bond acceptors (Lipinski definition) is 6. The smallest absolute Gasteiger partial charge is 0.241 e. The molecule has 1 amide bonds. The number of amides is 1. The van der Waals surface area contributed by atoms with Gasteiger partial charge in [-0.25, -0.2) is 9.97 Å². The molecule has 0 saturated carbocycles. The summed E-state index contributed by atoms with van der Waals surface area (Å²) in [6.45, 7) is 4.20. The Bertz CT molecular complexity index is 942. The topological polar surface area (TPSA) is 96.0 Å². The van der Waals surface area contributed by atoms with Crippen LogP contribution in [0.4, 0.5) is 5.69 Å². The van der Waals surface area contributed by atoms with Crippen LogP contribution >= 0.6 is 0 Å². The molecule has 2 aromatic heterocycles. The van der Waals surface area contributed by atoms with Gasteiger partial charge in [-0.2, -0.15) is 0 Å². The lowest BCUT2D eigenvalue weighted by Gasteiger charge is -2.32. The highest BCUT2D eigenvalue weighted by atomic mass is 16.5. The van der Waals surface area contributed by atoms with Crippen molar-refractivity contribution in [3.8, 4) is 11.6 Å². The van der Waals surface area contributed by atoms with Crippen LogP contribution < -0.4 is 10.1 Å². The lowest BCUT2D eigenvalue weighted by Crippen LogP contribution is -2.34. The van der Waals surface area contributed by atoms with Crippen molar-refractivity contribution in [2.75, 3.05) is 18.4 Å². The van der Waals surface area contributed by atoms with E-state index in [0.29, 0.717) is 11.6 Å². The summed E-state index contributed by atoms with van der Waals surface area (Å²) in [5.74, 6) is 2.31. The minimum atomic E-state index is -0.105. The average Bonchev–Trinajstić information content (AvgIpc) is 3.23. The van der Waals surface area contributed by atoms with Crippen LogP contribution in [0.5, 0.6) is 11.6 Å². The van der Waals surface area contributed by atoms with E-state index in [-0.39, 0.29) is 11.8 Å². The van der Waals surface area contributed by atoms with Gasteiger partial charge < -0.3 is 15.0 Å². The number of anilines is 1. The van der Waals surface area contributed by atoms with E-state index in [0.717, 1.165) is 49.7 Å². The van der Waals surface area contributed by atoms with Crippen LogP contribution in [-0.2, 0) is 11.3 Å². The highest BCUT2D eigenvalue weighted by molar-refractivity contribution is 5.88. The predicted molar refractivity (Wildman–Crippen MR) is 109 cm³/mol. The molecule has 0 aliphatic carbocycles. The molecule has 150 valence electrons. The Balaban J connectivity index is 1.47. The molecule has 29 heavy (non-hydrogen) atoms. The fraction of sp³-hybridized carbons (Fsp3) is 0.333. The van der Waals surface area contributed by atoms with Crippen LogP contribution in [-0.4, -0.2) is 43.8 Å². The van der Waals surface area contributed by atoms with E-state index in [1.54, 1.807) is 30.7 Å². The number of aromatic amines is 1. The van der Waals surface area contributed by atoms with E-state index in [2.05, 4.69) is 30.2 Å². The number of likely N-dealkylation sites (tertiary alicyclic amines) is 1. The summed E-state index contributed by atoms with van der Waals surface area (Å²) < 4.78 is 6.04. The van der Waals surface area contributed by atoms with Gasteiger partial charge in [-0.15, -0.1) is 0 Å². The number of carbonyl (C=O) groups is 1. The van der Waals surface area contributed by atoms with E-state index >= 15 is 0 Å². The average molecular weight is 392 g/mol. The standard InChI is InChI=1S/C21H24N6O2/c1-15(28)26-17-4-6-18(7-5-17)29-21-20(24-10-11-25-21)16-3-2-12-27(13-16)14-19-22-8-9-23-19/h4-11,16H,2-3,12-14H2,1H3,(H,22,23)(H,26,28)/t16-/m0/s1. The van der Waals surface area contributed by atoms with Gasteiger partial charge in [0, 0.05) is 49.9 Å². The summed E-state index contributed by atoms with van der Waals surface area (Å²) in [5.41, 5.74) is 1.60. The third kappa shape index (κ3) is 4.97. The zero-order valence-electron chi connectivity index (χ0n) is 16.3. The number of benzene rings is 1. The van der Waals surface area contributed by atoms with Crippen LogP contribution in [0.25, 0.3) is 0 Å². The molecule has 0 radical (unpaired) electrons. The van der Waals surface area contributed by atoms with Crippen LogP contribution in [0.2, 0.25) is 0 Å². The monoisotopic (exact) mass is 392 g/mol. The molecule has 8 heteroatoms. The van der Waals surface area contributed by atoms with E-state index in [4.69, 9.17) is 4.74 Å². The van der Waals surface area contributed by atoms with E-state index < -0.39 is 0 Å². The van der Waals surface area contributed by atoms with Gasteiger partial charge in [0.05, 0.1) is 6.54 Å². The summed E-state index contributed by atoms with van der Waals surface area (Å²) >= 11 is 0. The number of imidazole rings is 1. The SMILES string of the molecule is CC(=O)Nc1ccc(Oc2nccnc2[C@H]2CCCN(Cc3ncc[nH]3)C2)cc1. The lowest BCUT2D eigenvalue weighted by atomic mass is 9.94. The largest absolute Gasteiger partial charge is 0.437 e. The molecule has 1 aliphatic rings. The minimum Gasteiger partial charge on any atom is -0.437 e. The second-order valence-corrected chi connectivity index (χ2v) is 7.16. The van der Waals surface area contributed by atoms with Gasteiger partial charge in [-0.05, 0) is 43.7 Å². The van der Waals surface area contributed by atoms with Crippen LogP contribution in [0.1, 0.15) is 37.2 Å². The lowest BCUT2D eigenvalue weighted by molar-refractivity contribution is -0.114. The van der Waals surface area contributed by atoms with Crippen molar-refractivity contribution in [2.45, 2.75) is 32.2 Å². The molecule has 4 rings (SSSR count). The summed E-state index contributed by atoms with van der Waals surface area (Å²) in [5, 5.41) is 2.75. The summed E-state index contributed by atoms with van der Waals surface area (Å²) in [6.07, 6.45) is 9.13. The summed E-state index contributed by atoms with van der Waals surface area (Å²) in [7, 11) is 0. The number of H-pyrrole nitrogens is 1. The number of rotatable bonds is 6. The van der Waals surface area contributed by atoms with Gasteiger partial charge in [0.2, 0.25) is 11.8 Å². The van der Waals surface area contributed by atoms with Crippen LogP contribution in [0.15, 0.2) is 49.1 Å². The summed E-state index contributed by atoms with van der Waals surface area (Å²) in [4.78, 5) is 30.1. The Morgan fingerprint density at radius 2 is 2.03 bits per heavy atom. The maximum absolute atomic E-state index is 11.2. The number of nitrogens with one attached hydrogen (secondary N) is 2. The minimum absolute atomic E-state index is 0.105. The molecule has 1 aliphatic heterocycles. The molecule has 2 N–H and O–H groups in total. The van der Waals surface area contributed by atoms with Crippen molar-refractivity contribution in [3.05, 3.63) is 60.6 Å². The molecule has 3 aromatic rings. The van der Waals surface area contributed by atoms with Crippen molar-refractivity contribution in [2.24, 2.45) is 0 Å². The van der Waals surface area contributed by atoms with E-state index in [1.165, 1.54) is 6.92 Å². The van der Waals surface area contributed by atoms with Gasteiger partial charge >= 0.3 is 0 Å². The van der Waals surface area contributed by atoms with Crippen molar-refractivity contribution < 1.29 is 9.53 Å². The number of ether oxygens (including phenoxy) is 1. The molecule has 0 bridgehead atoms. The number of hydrogen-bond donors (Lipinski definition) is 2. The molecule has 1 fully saturated rings. The highest BCUT2D eigenvalue weighted by Crippen LogP contribution is 2.33. The van der Waals surface area contributed by atoms with Crippen molar-refractivity contribution in [3.63, 3.8) is 0 Å². The first-order valence-electron chi connectivity index (χ1n) is 9.74. The second-order valence-electron chi connectivity index (χ2n) is 7.16. The Morgan fingerprint density at radius 3 is 2.79 bits per heavy atom. The second kappa shape index (κ2) is 8.83. The number of nitrogens with zero attached hydrogens (tertiary/aromatic N) is 4. The van der Waals surface area contributed by atoms with Crippen LogP contribution in [0.3, 0.4) is 0 Å². The van der Waals surface area contributed by atoms with Crippen molar-refractivity contribution in [1.29, 1.82) is 0 Å². The quantitative estimate of drug-likeness (QED) is 0.668. The third-order valence-electron chi connectivity index (χ3n) is 4.90. The molecule has 1 atom stereocenters. The molecule has 1 saturated heterocycles. The molecule has 0 spiro atoms. The molecular weight excluding hydrogens is 368 g/mol. The summed E-state index contributed by atoms with van der Waals surface area (Å²) in [6, 6.07) is 7.23.